The van der Waals surface area contributed by atoms with Crippen molar-refractivity contribution in [1.29, 1.82) is 0 Å². The van der Waals surface area contributed by atoms with E-state index >= 15 is 0 Å². The van der Waals surface area contributed by atoms with Crippen molar-refractivity contribution in [2.24, 2.45) is 11.5 Å². The van der Waals surface area contributed by atoms with Crippen LogP contribution in [0, 0.1) is 0 Å². The van der Waals surface area contributed by atoms with Gasteiger partial charge in [-0.15, -0.1) is 0 Å². The van der Waals surface area contributed by atoms with Crippen LogP contribution >= 0.6 is 0 Å². The molecule has 0 fully saturated rings. The van der Waals surface area contributed by atoms with Crippen LogP contribution in [0.2, 0.25) is 0 Å². The van der Waals surface area contributed by atoms with Gasteiger partial charge in [-0.2, -0.15) is 0 Å². The molecule has 2 atom stereocenters. The van der Waals surface area contributed by atoms with Gasteiger partial charge in [0.1, 0.15) is 0 Å². The van der Waals surface area contributed by atoms with E-state index < -0.39 is 0 Å². The van der Waals surface area contributed by atoms with E-state index in [1.165, 1.54) is 0 Å². The maximum absolute atomic E-state index is 5.82. The van der Waals surface area contributed by atoms with E-state index in [0.29, 0.717) is 5.88 Å². The van der Waals surface area contributed by atoms with Crippen molar-refractivity contribution in [3.8, 4) is 5.88 Å². The number of pyridine rings is 1. The van der Waals surface area contributed by atoms with Gasteiger partial charge in [-0.3, -0.25) is 0 Å². The third kappa shape index (κ3) is 2.40. The summed E-state index contributed by atoms with van der Waals surface area (Å²) < 4.78 is 4.93. The van der Waals surface area contributed by atoms with E-state index in [9.17, 15) is 0 Å². The fourth-order valence-corrected chi connectivity index (χ4v) is 1.01. The first-order valence-corrected chi connectivity index (χ1v) is 4.16. The third-order valence-electron chi connectivity index (χ3n) is 1.92. The normalized spacial score (nSPS) is 15.1. The maximum atomic E-state index is 5.82. The number of hydrogen-bond donors (Lipinski definition) is 2. The van der Waals surface area contributed by atoms with Gasteiger partial charge in [0.05, 0.1) is 7.11 Å². The lowest BCUT2D eigenvalue weighted by atomic mass is 10.0. The summed E-state index contributed by atoms with van der Waals surface area (Å²) in [5.74, 6) is 0.584. The Kier molecular flexibility index (Phi) is 3.22. The smallest absolute Gasteiger partial charge is 0.212 e. The molecule has 72 valence electrons. The van der Waals surface area contributed by atoms with Crippen LogP contribution in [0.5, 0.6) is 5.88 Å². The molecule has 0 amide bonds. The average Bonchev–Trinajstić information content (AvgIpc) is 2.17. The van der Waals surface area contributed by atoms with Crippen LogP contribution in [-0.2, 0) is 0 Å². The molecule has 0 saturated heterocycles. The van der Waals surface area contributed by atoms with Gasteiger partial charge in [0.15, 0.2) is 0 Å². The van der Waals surface area contributed by atoms with Crippen molar-refractivity contribution < 1.29 is 4.74 Å². The highest BCUT2D eigenvalue weighted by Gasteiger charge is 2.10. The minimum absolute atomic E-state index is 0.0739. The molecule has 0 aliphatic heterocycles. The first kappa shape index (κ1) is 9.95. The molecular weight excluding hydrogens is 166 g/mol. The molecule has 0 bridgehead atoms. The second-order valence-corrected chi connectivity index (χ2v) is 3.02. The van der Waals surface area contributed by atoms with E-state index in [2.05, 4.69) is 4.98 Å². The lowest BCUT2D eigenvalue weighted by Gasteiger charge is -2.15. The second-order valence-electron chi connectivity index (χ2n) is 3.02. The summed E-state index contributed by atoms with van der Waals surface area (Å²) in [6, 6.07) is 3.41. The predicted molar refractivity (Wildman–Crippen MR) is 51.4 cm³/mol. The first-order chi connectivity index (χ1) is 6.15. The van der Waals surface area contributed by atoms with Crippen LogP contribution in [-0.4, -0.2) is 18.1 Å². The molecule has 0 radical (unpaired) electrons. The molecule has 1 aromatic rings. The summed E-state index contributed by atoms with van der Waals surface area (Å²) >= 11 is 0. The Morgan fingerprint density at radius 2 is 2.08 bits per heavy atom. The topological polar surface area (TPSA) is 74.2 Å². The van der Waals surface area contributed by atoms with Crippen molar-refractivity contribution in [3.63, 3.8) is 0 Å². The zero-order chi connectivity index (χ0) is 9.84. The minimum atomic E-state index is -0.168. The minimum Gasteiger partial charge on any atom is -0.481 e. The van der Waals surface area contributed by atoms with Gasteiger partial charge in [-0.1, -0.05) is 6.07 Å². The molecule has 1 rings (SSSR count). The number of aromatic nitrogens is 1. The van der Waals surface area contributed by atoms with Crippen LogP contribution in [0.15, 0.2) is 18.3 Å². The molecule has 0 aromatic carbocycles. The van der Waals surface area contributed by atoms with Crippen molar-refractivity contribution in [3.05, 3.63) is 23.9 Å². The van der Waals surface area contributed by atoms with E-state index in [4.69, 9.17) is 16.2 Å². The SMILES string of the molecule is COc1ccc([C@H](N)[C@H](C)N)cn1. The molecule has 0 aliphatic rings. The third-order valence-corrected chi connectivity index (χ3v) is 1.92. The summed E-state index contributed by atoms with van der Waals surface area (Å²) in [7, 11) is 1.58. The molecule has 0 saturated carbocycles. The molecule has 1 heterocycles. The highest BCUT2D eigenvalue weighted by Crippen LogP contribution is 2.14. The Bertz CT molecular complexity index is 258. The summed E-state index contributed by atoms with van der Waals surface area (Å²) in [5.41, 5.74) is 12.4. The molecule has 0 unspecified atom stereocenters. The van der Waals surface area contributed by atoms with Gasteiger partial charge in [-0.25, -0.2) is 4.98 Å². The van der Waals surface area contributed by atoms with Gasteiger partial charge in [-0.05, 0) is 12.5 Å². The molecular formula is C9H15N3O. The van der Waals surface area contributed by atoms with Crippen LogP contribution in [0.25, 0.3) is 0 Å². The highest BCUT2D eigenvalue weighted by atomic mass is 16.5. The maximum Gasteiger partial charge on any atom is 0.212 e. The molecule has 4 N–H and O–H groups in total. The van der Waals surface area contributed by atoms with E-state index in [1.54, 1.807) is 19.4 Å². The lowest BCUT2D eigenvalue weighted by molar-refractivity contribution is 0.397. The number of methoxy groups -OCH3 is 1. The van der Waals surface area contributed by atoms with Crippen molar-refractivity contribution >= 4 is 0 Å². The molecule has 13 heavy (non-hydrogen) atoms. The van der Waals surface area contributed by atoms with Gasteiger partial charge >= 0.3 is 0 Å². The number of hydrogen-bond acceptors (Lipinski definition) is 4. The average molecular weight is 181 g/mol. The standard InChI is InChI=1S/C9H15N3O/c1-6(10)9(11)7-3-4-8(13-2)12-5-7/h3-6,9H,10-11H2,1-2H3/t6-,9+/m0/s1. The zero-order valence-corrected chi connectivity index (χ0v) is 7.90. The Morgan fingerprint density at radius 1 is 1.38 bits per heavy atom. The second kappa shape index (κ2) is 4.20. The first-order valence-electron chi connectivity index (χ1n) is 4.16. The highest BCUT2D eigenvalue weighted by molar-refractivity contribution is 5.21. The summed E-state index contributed by atoms with van der Waals surface area (Å²) in [5, 5.41) is 0. The summed E-state index contributed by atoms with van der Waals surface area (Å²) in [6.45, 7) is 1.87. The quantitative estimate of drug-likeness (QED) is 0.709. The van der Waals surface area contributed by atoms with Gasteiger partial charge in [0.2, 0.25) is 5.88 Å². The summed E-state index contributed by atoms with van der Waals surface area (Å²) in [4.78, 5) is 4.04. The van der Waals surface area contributed by atoms with Crippen LogP contribution in [0.3, 0.4) is 0 Å². The van der Waals surface area contributed by atoms with E-state index in [-0.39, 0.29) is 12.1 Å². The van der Waals surface area contributed by atoms with E-state index in [0.717, 1.165) is 5.56 Å². The number of ether oxygens (including phenoxy) is 1. The predicted octanol–water partition coefficient (Wildman–Crippen LogP) is 0.437. The number of nitrogens with two attached hydrogens (primary N) is 2. The van der Waals surface area contributed by atoms with Gasteiger partial charge in [0, 0.05) is 24.3 Å². The van der Waals surface area contributed by atoms with Crippen LogP contribution < -0.4 is 16.2 Å². The molecule has 4 heteroatoms. The molecule has 0 spiro atoms. The molecule has 0 aliphatic carbocycles. The lowest BCUT2D eigenvalue weighted by Crippen LogP contribution is -2.31. The monoisotopic (exact) mass is 181 g/mol. The van der Waals surface area contributed by atoms with Crippen molar-refractivity contribution in [2.75, 3.05) is 7.11 Å². The fraction of sp³-hybridized carbons (Fsp3) is 0.444. The fourth-order valence-electron chi connectivity index (χ4n) is 1.01. The Hall–Kier alpha value is -1.13. The zero-order valence-electron chi connectivity index (χ0n) is 7.90. The molecule has 1 aromatic heterocycles. The van der Waals surface area contributed by atoms with Crippen LogP contribution in [0.1, 0.15) is 18.5 Å². The van der Waals surface area contributed by atoms with Crippen LogP contribution in [0.4, 0.5) is 0 Å². The Labute approximate surface area is 77.9 Å². The Balaban J connectivity index is 2.79. The van der Waals surface area contributed by atoms with Crippen molar-refractivity contribution in [1.82, 2.24) is 4.98 Å². The Morgan fingerprint density at radius 3 is 2.46 bits per heavy atom. The van der Waals surface area contributed by atoms with E-state index in [1.807, 2.05) is 13.0 Å². The van der Waals surface area contributed by atoms with Gasteiger partial charge in [0.25, 0.3) is 0 Å². The van der Waals surface area contributed by atoms with Crippen molar-refractivity contribution in [2.45, 2.75) is 19.0 Å². The number of rotatable bonds is 3. The summed E-state index contributed by atoms with van der Waals surface area (Å²) in [6.07, 6.45) is 1.69. The van der Waals surface area contributed by atoms with Gasteiger partial charge < -0.3 is 16.2 Å². The molecule has 4 nitrogen and oxygen atoms in total. The largest absolute Gasteiger partial charge is 0.481 e. The number of nitrogens with zero attached hydrogens (tertiary/aromatic N) is 1.